The Hall–Kier alpha value is -2.94. The zero-order chi connectivity index (χ0) is 28.7. The quantitative estimate of drug-likeness (QED) is 0.324. The van der Waals surface area contributed by atoms with E-state index >= 15 is 0 Å². The van der Waals surface area contributed by atoms with E-state index < -0.39 is 70.1 Å². The summed E-state index contributed by atoms with van der Waals surface area (Å²) in [7, 11) is 0. The van der Waals surface area contributed by atoms with Gasteiger partial charge in [0.15, 0.2) is 0 Å². The van der Waals surface area contributed by atoms with Crippen molar-refractivity contribution >= 4 is 23.9 Å². The fraction of sp³-hybridized carbons (Fsp3) is 0.667. The first-order valence-electron chi connectivity index (χ1n) is 13.6. The predicted molar refractivity (Wildman–Crippen MR) is 137 cm³/mol. The van der Waals surface area contributed by atoms with Crippen LogP contribution >= 0.6 is 0 Å². The first-order valence-corrected chi connectivity index (χ1v) is 13.6. The molecule has 0 aromatic rings. The van der Waals surface area contributed by atoms with Crippen LogP contribution in [0.3, 0.4) is 0 Å². The number of hydrogen-bond acceptors (Lipinski definition) is 9. The summed E-state index contributed by atoms with van der Waals surface area (Å²) in [5.74, 6) is -2.88. The second-order valence-corrected chi connectivity index (χ2v) is 12.9. The molecule has 2 fully saturated rings. The average molecular weight is 543 g/mol. The molecule has 0 radical (unpaired) electrons. The molecular formula is C30H38O9. The Morgan fingerprint density at radius 3 is 2.28 bits per heavy atom. The fourth-order valence-corrected chi connectivity index (χ4v) is 9.24. The molecule has 0 spiro atoms. The van der Waals surface area contributed by atoms with Crippen LogP contribution in [0.2, 0.25) is 0 Å². The Morgan fingerprint density at radius 2 is 1.69 bits per heavy atom. The largest absolute Gasteiger partial charge is 0.458 e. The highest BCUT2D eigenvalue weighted by Gasteiger charge is 2.72. The third kappa shape index (κ3) is 3.90. The maximum Gasteiger partial charge on any atom is 0.333 e. The Labute approximate surface area is 228 Å². The van der Waals surface area contributed by atoms with Crippen molar-refractivity contribution in [3.05, 3.63) is 35.5 Å². The molecule has 39 heavy (non-hydrogen) atoms. The minimum absolute atomic E-state index is 0.116. The molecule has 3 aliphatic carbocycles. The van der Waals surface area contributed by atoms with E-state index in [4.69, 9.17) is 18.9 Å². The van der Waals surface area contributed by atoms with Crippen LogP contribution in [-0.4, -0.2) is 53.1 Å². The molecule has 5 aliphatic rings. The van der Waals surface area contributed by atoms with Crippen LogP contribution in [0.25, 0.3) is 0 Å². The van der Waals surface area contributed by atoms with E-state index in [2.05, 4.69) is 26.8 Å². The number of carbonyl (C=O) groups is 4. The Bertz CT molecular complexity index is 1230. The van der Waals surface area contributed by atoms with Gasteiger partial charge in [-0.15, -0.1) is 0 Å². The van der Waals surface area contributed by atoms with Crippen molar-refractivity contribution in [1.29, 1.82) is 0 Å². The van der Waals surface area contributed by atoms with Crippen molar-refractivity contribution in [1.82, 2.24) is 0 Å². The van der Waals surface area contributed by atoms with Crippen LogP contribution in [0, 0.1) is 34.0 Å². The maximum atomic E-state index is 12.7. The summed E-state index contributed by atoms with van der Waals surface area (Å²) in [4.78, 5) is 49.9. The first-order chi connectivity index (χ1) is 18.1. The van der Waals surface area contributed by atoms with Gasteiger partial charge in [-0.2, -0.15) is 0 Å². The van der Waals surface area contributed by atoms with E-state index in [1.54, 1.807) is 0 Å². The Kier molecular flexibility index (Phi) is 6.22. The number of hydrogen-bond donors (Lipinski definition) is 1. The van der Waals surface area contributed by atoms with Crippen LogP contribution < -0.4 is 0 Å². The molecule has 9 heteroatoms. The lowest BCUT2D eigenvalue weighted by Crippen LogP contribution is -2.70. The molecule has 0 aromatic carbocycles. The van der Waals surface area contributed by atoms with Gasteiger partial charge in [-0.3, -0.25) is 9.59 Å². The minimum Gasteiger partial charge on any atom is -0.458 e. The summed E-state index contributed by atoms with van der Waals surface area (Å²) in [6.45, 7) is 12.5. The second kappa shape index (κ2) is 8.78. The number of allylic oxidation sites excluding steroid dienone is 2. The van der Waals surface area contributed by atoms with Gasteiger partial charge < -0.3 is 24.1 Å². The van der Waals surface area contributed by atoms with Gasteiger partial charge in [-0.05, 0) is 50.4 Å². The number of fused-ring (bicyclic) bond motifs is 5. The SMILES string of the molecule is CC(=O)O[C@H]1[C@@H](OC(C)=O)[C@@]2(C)C3=CC[C@@H](C4=CC(=O)O[C@@H]4O)[C@]3(C)CC[C@@H]2[C@@]2(C)C=CC(=O)OC(C)(C)[C@H]12. The van der Waals surface area contributed by atoms with Crippen LogP contribution in [0.1, 0.15) is 67.7 Å². The molecule has 2 aliphatic heterocycles. The monoisotopic (exact) mass is 542 g/mol. The van der Waals surface area contributed by atoms with Gasteiger partial charge in [0, 0.05) is 48.3 Å². The average Bonchev–Trinajstić information content (AvgIpc) is 3.29. The molecule has 0 amide bonds. The molecule has 2 saturated carbocycles. The summed E-state index contributed by atoms with van der Waals surface area (Å²) in [5, 5.41) is 10.5. The van der Waals surface area contributed by atoms with Crippen molar-refractivity contribution in [2.75, 3.05) is 0 Å². The van der Waals surface area contributed by atoms with Gasteiger partial charge in [0.2, 0.25) is 6.29 Å². The van der Waals surface area contributed by atoms with E-state index in [0.29, 0.717) is 18.4 Å². The molecule has 9 atom stereocenters. The molecule has 9 nitrogen and oxygen atoms in total. The molecule has 0 aromatic heterocycles. The topological polar surface area (TPSA) is 125 Å². The first kappa shape index (κ1) is 27.6. The van der Waals surface area contributed by atoms with Crippen LogP contribution in [0.15, 0.2) is 35.5 Å². The standard InChI is InChI=1S/C30H38O9/c1-15(31)36-23-24-27(3,4)39-21(33)11-13-29(24,6)20-10-12-28(5)18(17-14-22(34)38-26(17)35)8-9-19(28)30(20,7)25(23)37-16(2)32/h9,11,13-14,18,20,23-26,35H,8,10,12H2,1-7H3/t18-,20+,23+,24-,25+,26-,28-,29+,30-/m0/s1. The number of esters is 4. The summed E-state index contributed by atoms with van der Waals surface area (Å²) in [6.07, 6.45) is 5.80. The zero-order valence-corrected chi connectivity index (χ0v) is 23.6. The van der Waals surface area contributed by atoms with Crippen molar-refractivity contribution in [2.45, 2.75) is 91.8 Å². The number of ether oxygens (including phenoxy) is 4. The van der Waals surface area contributed by atoms with Crippen molar-refractivity contribution in [3.8, 4) is 0 Å². The minimum atomic E-state index is -1.29. The smallest absolute Gasteiger partial charge is 0.333 e. The summed E-state index contributed by atoms with van der Waals surface area (Å²) in [5.41, 5.74) is -1.42. The van der Waals surface area contributed by atoms with E-state index in [1.165, 1.54) is 26.0 Å². The summed E-state index contributed by atoms with van der Waals surface area (Å²) < 4.78 is 23.1. The van der Waals surface area contributed by atoms with E-state index in [1.807, 2.05) is 19.9 Å². The van der Waals surface area contributed by atoms with E-state index in [0.717, 1.165) is 12.0 Å². The number of rotatable bonds is 3. The normalized spacial score (nSPS) is 44.0. The molecule has 1 N–H and O–H groups in total. The van der Waals surface area contributed by atoms with Gasteiger partial charge in [-0.25, -0.2) is 9.59 Å². The number of aliphatic hydroxyl groups excluding tert-OH is 1. The molecule has 0 bridgehead atoms. The highest BCUT2D eigenvalue weighted by molar-refractivity contribution is 5.86. The molecule has 2 heterocycles. The van der Waals surface area contributed by atoms with Gasteiger partial charge >= 0.3 is 23.9 Å². The number of carbonyl (C=O) groups excluding carboxylic acids is 4. The number of cyclic esters (lactones) is 2. The van der Waals surface area contributed by atoms with E-state index in [9.17, 15) is 24.3 Å². The highest BCUT2D eigenvalue weighted by Crippen LogP contribution is 2.72. The van der Waals surface area contributed by atoms with Crippen molar-refractivity contribution in [3.63, 3.8) is 0 Å². The van der Waals surface area contributed by atoms with Crippen molar-refractivity contribution in [2.24, 2.45) is 34.0 Å². The van der Waals surface area contributed by atoms with Crippen LogP contribution in [-0.2, 0) is 38.1 Å². The van der Waals surface area contributed by atoms with Gasteiger partial charge in [-0.1, -0.05) is 38.5 Å². The fourth-order valence-electron chi connectivity index (χ4n) is 9.24. The summed E-state index contributed by atoms with van der Waals surface area (Å²) >= 11 is 0. The molecular weight excluding hydrogens is 504 g/mol. The number of aliphatic hydroxyl groups is 1. The highest BCUT2D eigenvalue weighted by atomic mass is 16.6. The van der Waals surface area contributed by atoms with Gasteiger partial charge in [0.05, 0.1) is 0 Å². The molecule has 0 saturated heterocycles. The Balaban J connectivity index is 1.71. The third-order valence-corrected chi connectivity index (χ3v) is 10.3. The molecule has 212 valence electrons. The van der Waals surface area contributed by atoms with E-state index in [-0.39, 0.29) is 11.8 Å². The summed E-state index contributed by atoms with van der Waals surface area (Å²) in [6, 6.07) is 0. The molecule has 5 rings (SSSR count). The van der Waals surface area contributed by atoms with Crippen LogP contribution in [0.4, 0.5) is 0 Å². The van der Waals surface area contributed by atoms with Gasteiger partial charge in [0.1, 0.15) is 17.8 Å². The molecule has 0 unspecified atom stereocenters. The van der Waals surface area contributed by atoms with Crippen molar-refractivity contribution < 1.29 is 43.2 Å². The lowest BCUT2D eigenvalue weighted by Gasteiger charge is -2.66. The third-order valence-electron chi connectivity index (χ3n) is 10.3. The lowest BCUT2D eigenvalue weighted by atomic mass is 9.40. The second-order valence-electron chi connectivity index (χ2n) is 12.9. The van der Waals surface area contributed by atoms with Gasteiger partial charge in [0.25, 0.3) is 0 Å². The van der Waals surface area contributed by atoms with Crippen LogP contribution in [0.5, 0.6) is 0 Å². The maximum absolute atomic E-state index is 12.7. The predicted octanol–water partition coefficient (Wildman–Crippen LogP) is 3.55. The zero-order valence-electron chi connectivity index (χ0n) is 23.6. The lowest BCUT2D eigenvalue weighted by molar-refractivity contribution is -0.248. The Morgan fingerprint density at radius 1 is 1.03 bits per heavy atom.